The molecule has 2 aromatic rings. The Kier molecular flexibility index (Phi) is 2.46. The van der Waals surface area contributed by atoms with Crippen molar-refractivity contribution < 1.29 is 4.79 Å². The zero-order valence-corrected chi connectivity index (χ0v) is 8.05. The summed E-state index contributed by atoms with van der Waals surface area (Å²) in [5.41, 5.74) is 7.79. The summed E-state index contributed by atoms with van der Waals surface area (Å²) in [5.74, 6) is -0.406. The van der Waals surface area contributed by atoms with Crippen LogP contribution in [0, 0.1) is 0 Å². The molecule has 2 N–H and O–H groups in total. The molecule has 1 aromatic heterocycles. The minimum atomic E-state index is -0.406. The van der Waals surface area contributed by atoms with Gasteiger partial charge in [0.1, 0.15) is 0 Å². The zero-order chi connectivity index (χ0) is 10.7. The maximum atomic E-state index is 10.9. The molecule has 0 bridgehead atoms. The van der Waals surface area contributed by atoms with Crippen molar-refractivity contribution in [2.75, 3.05) is 0 Å². The Balaban J connectivity index is 2.36. The fourth-order valence-corrected chi connectivity index (χ4v) is 1.37. The molecule has 0 spiro atoms. The first-order valence-corrected chi connectivity index (χ1v) is 4.57. The third kappa shape index (κ3) is 2.02. The highest BCUT2D eigenvalue weighted by atomic mass is 16.1. The normalized spacial score (nSPS) is 9.87. The molecule has 3 heteroatoms. The molecule has 1 aromatic carbocycles. The van der Waals surface area contributed by atoms with Gasteiger partial charge in [0.15, 0.2) is 0 Å². The summed E-state index contributed by atoms with van der Waals surface area (Å²) in [7, 11) is 0. The second-order valence-corrected chi connectivity index (χ2v) is 3.18. The van der Waals surface area contributed by atoms with Gasteiger partial charge in [0, 0.05) is 18.0 Å². The molecule has 0 saturated heterocycles. The van der Waals surface area contributed by atoms with Crippen LogP contribution in [0.15, 0.2) is 48.8 Å². The fourth-order valence-electron chi connectivity index (χ4n) is 1.37. The van der Waals surface area contributed by atoms with Crippen LogP contribution in [-0.2, 0) is 0 Å². The topological polar surface area (TPSA) is 56.0 Å². The van der Waals surface area contributed by atoms with Crippen molar-refractivity contribution in [2.24, 2.45) is 5.73 Å². The van der Waals surface area contributed by atoms with E-state index >= 15 is 0 Å². The van der Waals surface area contributed by atoms with Crippen LogP contribution < -0.4 is 5.73 Å². The van der Waals surface area contributed by atoms with E-state index in [4.69, 9.17) is 5.73 Å². The molecule has 0 saturated carbocycles. The van der Waals surface area contributed by atoms with E-state index in [9.17, 15) is 4.79 Å². The van der Waals surface area contributed by atoms with Gasteiger partial charge in [-0.15, -0.1) is 0 Å². The predicted octanol–water partition coefficient (Wildman–Crippen LogP) is 1.85. The van der Waals surface area contributed by atoms with Gasteiger partial charge in [-0.25, -0.2) is 0 Å². The van der Waals surface area contributed by atoms with Crippen molar-refractivity contribution in [3.8, 4) is 11.1 Å². The van der Waals surface area contributed by atoms with E-state index in [0.29, 0.717) is 5.56 Å². The summed E-state index contributed by atoms with van der Waals surface area (Å²) >= 11 is 0. The molecular formula is C12H10N2O. The van der Waals surface area contributed by atoms with Crippen LogP contribution in [0.2, 0.25) is 0 Å². The number of hydrogen-bond acceptors (Lipinski definition) is 2. The molecule has 0 aliphatic heterocycles. The first-order chi connectivity index (χ1) is 7.27. The van der Waals surface area contributed by atoms with Crippen LogP contribution >= 0.6 is 0 Å². The van der Waals surface area contributed by atoms with Gasteiger partial charge < -0.3 is 5.73 Å². The zero-order valence-electron chi connectivity index (χ0n) is 8.05. The third-order valence-electron chi connectivity index (χ3n) is 2.18. The summed E-state index contributed by atoms with van der Waals surface area (Å²) < 4.78 is 0. The SMILES string of the molecule is NC(=O)c1ccc(-c2ccncc2)cc1. The van der Waals surface area contributed by atoms with Gasteiger partial charge in [0.25, 0.3) is 0 Å². The van der Waals surface area contributed by atoms with E-state index in [1.165, 1.54) is 0 Å². The average Bonchev–Trinajstić information content (AvgIpc) is 2.30. The van der Waals surface area contributed by atoms with E-state index in [2.05, 4.69) is 4.98 Å². The fraction of sp³-hybridized carbons (Fsp3) is 0. The first-order valence-electron chi connectivity index (χ1n) is 4.57. The quantitative estimate of drug-likeness (QED) is 0.800. The smallest absolute Gasteiger partial charge is 0.248 e. The molecular weight excluding hydrogens is 188 g/mol. The number of nitrogens with two attached hydrogens (primary N) is 1. The van der Waals surface area contributed by atoms with E-state index in [0.717, 1.165) is 11.1 Å². The lowest BCUT2D eigenvalue weighted by Crippen LogP contribution is -2.10. The van der Waals surface area contributed by atoms with Crippen molar-refractivity contribution in [3.05, 3.63) is 54.4 Å². The monoisotopic (exact) mass is 198 g/mol. The van der Waals surface area contributed by atoms with Gasteiger partial charge in [0.2, 0.25) is 5.91 Å². The lowest BCUT2D eigenvalue weighted by molar-refractivity contribution is 0.100. The molecule has 0 unspecified atom stereocenters. The Labute approximate surface area is 87.6 Å². The molecule has 3 nitrogen and oxygen atoms in total. The Hall–Kier alpha value is -2.16. The van der Waals surface area contributed by atoms with Gasteiger partial charge in [-0.3, -0.25) is 9.78 Å². The molecule has 0 atom stereocenters. The molecule has 0 fully saturated rings. The maximum absolute atomic E-state index is 10.9. The molecule has 0 radical (unpaired) electrons. The summed E-state index contributed by atoms with van der Waals surface area (Å²) in [5, 5.41) is 0. The second-order valence-electron chi connectivity index (χ2n) is 3.18. The number of hydrogen-bond donors (Lipinski definition) is 1. The van der Waals surface area contributed by atoms with Gasteiger partial charge in [-0.1, -0.05) is 12.1 Å². The lowest BCUT2D eigenvalue weighted by atomic mass is 10.1. The largest absolute Gasteiger partial charge is 0.366 e. The van der Waals surface area contributed by atoms with E-state index < -0.39 is 5.91 Å². The van der Waals surface area contributed by atoms with Crippen LogP contribution in [-0.4, -0.2) is 10.9 Å². The Morgan fingerprint density at radius 1 is 0.933 bits per heavy atom. The third-order valence-corrected chi connectivity index (χ3v) is 2.18. The van der Waals surface area contributed by atoms with Crippen LogP contribution in [0.4, 0.5) is 0 Å². The van der Waals surface area contributed by atoms with Crippen LogP contribution in [0.25, 0.3) is 11.1 Å². The van der Waals surface area contributed by atoms with Crippen molar-refractivity contribution in [1.82, 2.24) is 4.98 Å². The Morgan fingerprint density at radius 2 is 1.47 bits per heavy atom. The molecule has 1 amide bonds. The van der Waals surface area contributed by atoms with Crippen LogP contribution in [0.1, 0.15) is 10.4 Å². The first kappa shape index (κ1) is 9.40. The number of carbonyl (C=O) groups is 1. The van der Waals surface area contributed by atoms with Crippen LogP contribution in [0.3, 0.4) is 0 Å². The summed E-state index contributed by atoms with van der Waals surface area (Å²) in [6, 6.07) is 11.0. The number of aromatic nitrogens is 1. The average molecular weight is 198 g/mol. The van der Waals surface area contributed by atoms with Gasteiger partial charge in [-0.2, -0.15) is 0 Å². The van der Waals surface area contributed by atoms with Gasteiger partial charge >= 0.3 is 0 Å². The lowest BCUT2D eigenvalue weighted by Gasteiger charge is -2.01. The minimum Gasteiger partial charge on any atom is -0.366 e. The Morgan fingerprint density at radius 3 is 2.00 bits per heavy atom. The summed E-state index contributed by atoms with van der Waals surface area (Å²) in [6.45, 7) is 0. The molecule has 0 aliphatic carbocycles. The highest BCUT2D eigenvalue weighted by Gasteiger charge is 2.00. The van der Waals surface area contributed by atoms with Crippen molar-refractivity contribution in [3.63, 3.8) is 0 Å². The highest BCUT2D eigenvalue weighted by Crippen LogP contribution is 2.18. The minimum absolute atomic E-state index is 0.406. The number of amides is 1. The van der Waals surface area contributed by atoms with E-state index in [1.54, 1.807) is 24.5 Å². The second kappa shape index (κ2) is 3.92. The number of nitrogens with zero attached hydrogens (tertiary/aromatic N) is 1. The molecule has 0 aliphatic rings. The van der Waals surface area contributed by atoms with E-state index in [-0.39, 0.29) is 0 Å². The predicted molar refractivity (Wildman–Crippen MR) is 58.2 cm³/mol. The molecule has 74 valence electrons. The van der Waals surface area contributed by atoms with Gasteiger partial charge in [0.05, 0.1) is 0 Å². The summed E-state index contributed by atoms with van der Waals surface area (Å²) in [6.07, 6.45) is 3.47. The number of rotatable bonds is 2. The van der Waals surface area contributed by atoms with Crippen molar-refractivity contribution in [1.29, 1.82) is 0 Å². The summed E-state index contributed by atoms with van der Waals surface area (Å²) in [4.78, 5) is 14.8. The number of pyridine rings is 1. The van der Waals surface area contributed by atoms with Crippen LogP contribution in [0.5, 0.6) is 0 Å². The highest BCUT2D eigenvalue weighted by molar-refractivity contribution is 5.93. The number of primary amides is 1. The Bertz CT molecular complexity index is 463. The van der Waals surface area contributed by atoms with Crippen molar-refractivity contribution >= 4 is 5.91 Å². The van der Waals surface area contributed by atoms with E-state index in [1.807, 2.05) is 24.3 Å². The molecule has 15 heavy (non-hydrogen) atoms. The maximum Gasteiger partial charge on any atom is 0.248 e. The number of benzene rings is 1. The standard InChI is InChI=1S/C12H10N2O/c13-12(15)11-3-1-9(2-4-11)10-5-7-14-8-6-10/h1-8H,(H2,13,15). The number of carbonyl (C=O) groups excluding carboxylic acids is 1. The molecule has 1 heterocycles. The molecule has 2 rings (SSSR count). The van der Waals surface area contributed by atoms with Crippen molar-refractivity contribution in [2.45, 2.75) is 0 Å². The van der Waals surface area contributed by atoms with Gasteiger partial charge in [-0.05, 0) is 35.4 Å².